The van der Waals surface area contributed by atoms with E-state index in [-0.39, 0.29) is 37.3 Å². The molecule has 1 amide bonds. The molecule has 9 nitrogen and oxygen atoms in total. The molecule has 1 saturated heterocycles. The maximum atomic E-state index is 13.5. The minimum Gasteiger partial charge on any atom is -0.477 e. The van der Waals surface area contributed by atoms with Crippen molar-refractivity contribution >= 4 is 23.7 Å². The lowest BCUT2D eigenvalue weighted by molar-refractivity contribution is -0.190. The average molecular weight is 652 g/mol. The van der Waals surface area contributed by atoms with Crippen LogP contribution in [-0.4, -0.2) is 57.1 Å². The Balaban J connectivity index is 0.00000226. The number of ether oxygens (including phenoxy) is 1. The van der Waals surface area contributed by atoms with E-state index in [1.54, 1.807) is 30.5 Å². The van der Waals surface area contributed by atoms with Gasteiger partial charge in [-0.15, -0.1) is 5.10 Å². The van der Waals surface area contributed by atoms with Gasteiger partial charge in [-0.05, 0) is 89.1 Å². The number of carbonyl (C=O) groups excluding carboxylic acids is 1. The van der Waals surface area contributed by atoms with Gasteiger partial charge in [0, 0.05) is 36.3 Å². The fourth-order valence-corrected chi connectivity index (χ4v) is 6.18. The number of amides is 1. The number of alkyl halides is 3. The maximum absolute atomic E-state index is 13.5. The second-order valence-corrected chi connectivity index (χ2v) is 12.6. The number of carbonyl (C=O) groups is 1. The van der Waals surface area contributed by atoms with Gasteiger partial charge in [-0.3, -0.25) is 9.52 Å². The normalized spacial score (nSPS) is 18.2. The lowest BCUT2D eigenvalue weighted by Gasteiger charge is -2.34. The highest BCUT2D eigenvalue weighted by Gasteiger charge is 2.62. The minimum absolute atomic E-state index is 0.0989. The number of anilines is 1. The van der Waals surface area contributed by atoms with Crippen LogP contribution in [0.2, 0.25) is 0 Å². The summed E-state index contributed by atoms with van der Waals surface area (Å²) in [7, 11) is 0. The van der Waals surface area contributed by atoms with Gasteiger partial charge in [0.25, 0.3) is 5.91 Å². The Morgan fingerprint density at radius 3 is 2.58 bits per heavy atom. The lowest BCUT2D eigenvalue weighted by atomic mass is 9.93. The van der Waals surface area contributed by atoms with Crippen molar-refractivity contribution in [2.45, 2.75) is 83.0 Å². The first-order valence-electron chi connectivity index (χ1n) is 15.2. The van der Waals surface area contributed by atoms with Crippen molar-refractivity contribution in [3.05, 3.63) is 54.1 Å². The molecule has 0 spiro atoms. The predicted octanol–water partition coefficient (Wildman–Crippen LogP) is 6.72. The van der Waals surface area contributed by atoms with Crippen molar-refractivity contribution < 1.29 is 27.1 Å². The highest BCUT2D eigenvalue weighted by Crippen LogP contribution is 2.59. The largest absolute Gasteiger partial charge is 0.477 e. The van der Waals surface area contributed by atoms with Crippen molar-refractivity contribution in [1.82, 2.24) is 24.5 Å². The third-order valence-corrected chi connectivity index (χ3v) is 8.88. The topological polar surface area (TPSA) is 111 Å². The van der Waals surface area contributed by atoms with E-state index in [4.69, 9.17) is 15.5 Å². The molecule has 0 radical (unpaired) electrons. The summed E-state index contributed by atoms with van der Waals surface area (Å²) >= 11 is 0.904. The fourth-order valence-electron chi connectivity index (χ4n) is 5.60. The van der Waals surface area contributed by atoms with E-state index in [1.807, 2.05) is 13.8 Å². The molecular weight excluding hydrogens is 610 g/mol. The van der Waals surface area contributed by atoms with Gasteiger partial charge in [0.15, 0.2) is 5.82 Å². The highest BCUT2D eigenvalue weighted by atomic mass is 32.2. The van der Waals surface area contributed by atoms with Crippen molar-refractivity contribution in [3.63, 3.8) is 0 Å². The van der Waals surface area contributed by atoms with Crippen molar-refractivity contribution in [3.8, 4) is 11.7 Å². The van der Waals surface area contributed by atoms with Crippen LogP contribution in [0.4, 0.5) is 23.4 Å². The minimum atomic E-state index is -4.23. The van der Waals surface area contributed by atoms with Crippen LogP contribution in [0.15, 0.2) is 47.6 Å². The number of rotatable bonds is 12. The summed E-state index contributed by atoms with van der Waals surface area (Å²) in [6.07, 6.45) is 0.248. The number of nitrogens with zero attached hydrogens (tertiary/aromatic N) is 5. The van der Waals surface area contributed by atoms with Gasteiger partial charge >= 0.3 is 6.18 Å². The second-order valence-electron chi connectivity index (χ2n) is 11.8. The molecule has 2 fully saturated rings. The first-order valence-corrected chi connectivity index (χ1v) is 16.1. The van der Waals surface area contributed by atoms with Gasteiger partial charge in [-0.2, -0.15) is 17.6 Å². The van der Waals surface area contributed by atoms with Crippen molar-refractivity contribution in [1.29, 1.82) is 0 Å². The molecule has 1 saturated carbocycles. The molecule has 45 heavy (non-hydrogen) atoms. The Bertz CT molecular complexity index is 1450. The Hall–Kier alpha value is -3.39. The smallest absolute Gasteiger partial charge is 0.394 e. The molecule has 246 valence electrons. The van der Waals surface area contributed by atoms with E-state index in [2.05, 4.69) is 33.6 Å². The Kier molecular flexibility index (Phi) is 11.0. The van der Waals surface area contributed by atoms with Crippen LogP contribution >= 0.6 is 11.9 Å². The zero-order valence-electron chi connectivity index (χ0n) is 26.0. The molecule has 14 heteroatoms. The molecule has 2 aliphatic rings. The molecular formula is C31H41F4N7O2S. The zero-order valence-corrected chi connectivity index (χ0v) is 26.8. The van der Waals surface area contributed by atoms with Gasteiger partial charge in [0.05, 0.1) is 17.6 Å². The van der Waals surface area contributed by atoms with E-state index in [9.17, 15) is 22.4 Å². The van der Waals surface area contributed by atoms with E-state index < -0.39 is 23.4 Å². The second kappa shape index (κ2) is 14.4. The van der Waals surface area contributed by atoms with Crippen LogP contribution in [0, 0.1) is 17.3 Å². The van der Waals surface area contributed by atoms with Gasteiger partial charge in [-0.25, -0.2) is 14.6 Å². The molecule has 5 rings (SSSR count). The number of nitrogens with two attached hydrogens (primary N) is 1. The summed E-state index contributed by atoms with van der Waals surface area (Å²) < 4.78 is 63.1. The molecule has 1 atom stereocenters. The SMILES string of the molecule is CC.CC1(C)CC(CCCN)CN1c1nc(-n2ccc(OCCC3(C(F)(F)F)CC3)n2)ccc1C(=O)NSc1cccc(F)n1. The number of nitrogens with one attached hydrogen (secondary N) is 1. The third-order valence-electron chi connectivity index (χ3n) is 8.16. The first kappa shape index (κ1) is 34.5. The molecule has 1 aliphatic carbocycles. The van der Waals surface area contributed by atoms with Crippen LogP contribution in [-0.2, 0) is 0 Å². The predicted molar refractivity (Wildman–Crippen MR) is 166 cm³/mol. The molecule has 3 aromatic heterocycles. The average Bonchev–Trinajstić information content (AvgIpc) is 3.56. The summed E-state index contributed by atoms with van der Waals surface area (Å²) in [6, 6.07) is 9.18. The van der Waals surface area contributed by atoms with Crippen molar-refractivity contribution in [2.75, 3.05) is 24.6 Å². The van der Waals surface area contributed by atoms with Crippen LogP contribution in [0.5, 0.6) is 5.88 Å². The number of aromatic nitrogens is 4. The van der Waals surface area contributed by atoms with Crippen molar-refractivity contribution in [2.24, 2.45) is 17.1 Å². The molecule has 3 N–H and O–H groups in total. The number of hydrogen-bond acceptors (Lipinski definition) is 8. The standard InChI is InChI=1S/C29H35F4N7O2S.C2H6/c1-27(2)17-19(5-4-14-34)18-39(27)25-20(26(41)38-43-24-7-3-6-21(30)35-24)8-9-22(36-25)40-15-10-23(37-40)42-16-13-28(11-12-28)29(31,32)33;1-2/h3,6-10,15,19H,4-5,11-14,16-18,34H2,1-2H3,(H,38,41);1-2H3. The lowest BCUT2D eigenvalue weighted by Crippen LogP contribution is -2.40. The first-order chi connectivity index (χ1) is 21.4. The maximum Gasteiger partial charge on any atom is 0.394 e. The summed E-state index contributed by atoms with van der Waals surface area (Å²) in [4.78, 5) is 24.2. The van der Waals surface area contributed by atoms with Gasteiger partial charge in [0.2, 0.25) is 11.8 Å². The summed E-state index contributed by atoms with van der Waals surface area (Å²) in [5, 5.41) is 4.67. The molecule has 3 aromatic rings. The molecule has 0 bridgehead atoms. The number of halogens is 4. The molecule has 0 aromatic carbocycles. The van der Waals surface area contributed by atoms with Gasteiger partial charge in [-0.1, -0.05) is 19.9 Å². The van der Waals surface area contributed by atoms with Crippen LogP contribution in [0.1, 0.15) is 76.6 Å². The molecule has 1 unspecified atom stereocenters. The fraction of sp³-hybridized carbons (Fsp3) is 0.548. The van der Waals surface area contributed by atoms with E-state index >= 15 is 0 Å². The van der Waals surface area contributed by atoms with Crippen LogP contribution in [0.25, 0.3) is 5.82 Å². The summed E-state index contributed by atoms with van der Waals surface area (Å²) in [5.74, 6) is 0.350. The van der Waals surface area contributed by atoms with Crippen LogP contribution in [0.3, 0.4) is 0 Å². The van der Waals surface area contributed by atoms with Gasteiger partial charge in [0.1, 0.15) is 10.8 Å². The Morgan fingerprint density at radius 1 is 1.16 bits per heavy atom. The van der Waals surface area contributed by atoms with Gasteiger partial charge < -0.3 is 15.4 Å². The Labute approximate surface area is 265 Å². The third kappa shape index (κ3) is 8.26. The Morgan fingerprint density at radius 2 is 1.91 bits per heavy atom. The zero-order chi connectivity index (χ0) is 32.8. The molecule has 4 heterocycles. The quantitative estimate of drug-likeness (QED) is 0.126. The van der Waals surface area contributed by atoms with E-state index in [0.29, 0.717) is 41.2 Å². The molecule has 1 aliphatic heterocycles. The summed E-state index contributed by atoms with van der Waals surface area (Å²) in [5.41, 5.74) is 4.12. The number of pyridine rings is 2. The van der Waals surface area contributed by atoms with E-state index in [1.165, 1.54) is 16.8 Å². The summed E-state index contributed by atoms with van der Waals surface area (Å²) in [6.45, 7) is 9.38. The number of hydrogen-bond donors (Lipinski definition) is 2. The van der Waals surface area contributed by atoms with Crippen LogP contribution < -0.4 is 20.1 Å². The monoisotopic (exact) mass is 651 g/mol. The van der Waals surface area contributed by atoms with E-state index in [0.717, 1.165) is 31.2 Å². The highest BCUT2D eigenvalue weighted by molar-refractivity contribution is 7.97.